The van der Waals surface area contributed by atoms with Crippen molar-refractivity contribution in [3.8, 4) is 16.9 Å². The van der Waals surface area contributed by atoms with Gasteiger partial charge in [-0.2, -0.15) is 13.9 Å². The molecular weight excluding hydrogens is 354 g/mol. The van der Waals surface area contributed by atoms with Crippen LogP contribution in [0.2, 0.25) is 0 Å². The van der Waals surface area contributed by atoms with Crippen molar-refractivity contribution < 1.29 is 18.3 Å². The molecule has 0 spiro atoms. The number of nitrogens with zero attached hydrogens (tertiary/aromatic N) is 3. The number of aromatic nitrogens is 3. The summed E-state index contributed by atoms with van der Waals surface area (Å²) in [6.45, 7) is -2.89. The maximum atomic E-state index is 12.1. The number of hydrogen-bond donors (Lipinski definition) is 1. The maximum absolute atomic E-state index is 12.1. The van der Waals surface area contributed by atoms with E-state index in [1.165, 1.54) is 30.3 Å². The highest BCUT2D eigenvalue weighted by Crippen LogP contribution is 2.23. The van der Waals surface area contributed by atoms with Gasteiger partial charge in [-0.3, -0.25) is 14.5 Å². The number of carbonyl (C=O) groups is 1. The van der Waals surface area contributed by atoms with Crippen molar-refractivity contribution in [1.29, 1.82) is 0 Å². The molecule has 1 N–H and O–H groups in total. The van der Waals surface area contributed by atoms with Crippen molar-refractivity contribution in [2.75, 3.05) is 5.32 Å². The van der Waals surface area contributed by atoms with Crippen LogP contribution in [0.4, 0.5) is 14.5 Å². The number of ether oxygens (including phenoxy) is 1. The van der Waals surface area contributed by atoms with E-state index in [-0.39, 0.29) is 11.7 Å². The Morgan fingerprint density at radius 3 is 2.67 bits per heavy atom. The Morgan fingerprint density at radius 1 is 1.22 bits per heavy atom. The topological polar surface area (TPSA) is 69.0 Å². The van der Waals surface area contributed by atoms with E-state index in [1.807, 2.05) is 19.3 Å². The lowest BCUT2D eigenvalue weighted by Crippen LogP contribution is -2.08. The highest BCUT2D eigenvalue weighted by Gasteiger charge is 2.07. The van der Waals surface area contributed by atoms with E-state index in [4.69, 9.17) is 0 Å². The smallest absolute Gasteiger partial charge is 0.387 e. The van der Waals surface area contributed by atoms with Gasteiger partial charge in [0.2, 0.25) is 5.91 Å². The molecule has 8 heteroatoms. The fourth-order valence-corrected chi connectivity index (χ4v) is 2.43. The van der Waals surface area contributed by atoms with Gasteiger partial charge in [-0.05, 0) is 42.0 Å². The third-order valence-corrected chi connectivity index (χ3v) is 3.63. The molecule has 3 rings (SSSR count). The molecule has 6 nitrogen and oxygen atoms in total. The first kappa shape index (κ1) is 18.2. The number of nitrogens with one attached hydrogen (secondary N) is 1. The molecule has 0 bridgehead atoms. The average molecular weight is 370 g/mol. The zero-order chi connectivity index (χ0) is 19.2. The summed E-state index contributed by atoms with van der Waals surface area (Å²) in [4.78, 5) is 16.2. The Hall–Kier alpha value is -3.55. The molecule has 0 atom stereocenters. The minimum Gasteiger partial charge on any atom is -0.435 e. The minimum atomic E-state index is -2.89. The first-order valence-electron chi connectivity index (χ1n) is 7.98. The molecule has 0 fully saturated rings. The molecule has 1 aromatic carbocycles. The predicted molar refractivity (Wildman–Crippen MR) is 97.2 cm³/mol. The van der Waals surface area contributed by atoms with Gasteiger partial charge in [-0.15, -0.1) is 0 Å². The Labute approximate surface area is 154 Å². The molecule has 27 heavy (non-hydrogen) atoms. The normalized spacial score (nSPS) is 11.1. The van der Waals surface area contributed by atoms with Gasteiger partial charge in [-0.25, -0.2) is 0 Å². The number of pyridine rings is 1. The zero-order valence-corrected chi connectivity index (χ0v) is 14.3. The quantitative estimate of drug-likeness (QED) is 0.671. The lowest BCUT2D eigenvalue weighted by atomic mass is 10.0. The molecule has 1 amide bonds. The van der Waals surface area contributed by atoms with Crippen LogP contribution in [0.1, 0.15) is 5.56 Å². The summed E-state index contributed by atoms with van der Waals surface area (Å²) < 4.78 is 30.2. The summed E-state index contributed by atoms with van der Waals surface area (Å²) in [5, 5.41) is 6.80. The summed E-state index contributed by atoms with van der Waals surface area (Å²) in [6.07, 6.45) is 9.95. The summed E-state index contributed by atoms with van der Waals surface area (Å²) in [6, 6.07) is 7.51. The SMILES string of the molecule is Cn1cc(-c2ccncc2C=CC(=O)Nc2ccc(OC(F)F)cc2)cn1. The Bertz CT molecular complexity index is 952. The van der Waals surface area contributed by atoms with Gasteiger partial charge in [0.1, 0.15) is 5.75 Å². The fraction of sp³-hybridized carbons (Fsp3) is 0.105. The second-order valence-corrected chi connectivity index (χ2v) is 5.59. The monoisotopic (exact) mass is 370 g/mol. The average Bonchev–Trinajstić information content (AvgIpc) is 3.08. The summed E-state index contributed by atoms with van der Waals surface area (Å²) >= 11 is 0. The van der Waals surface area contributed by atoms with Crippen LogP contribution in [0.3, 0.4) is 0 Å². The standard InChI is InChI=1S/C19H16F2N4O2/c1-25-12-14(11-23-25)17-8-9-22-10-13(17)2-7-18(26)24-15-3-5-16(6-4-15)27-19(20)21/h2-12,19H,1H3,(H,24,26). The third kappa shape index (κ3) is 4.97. The number of hydrogen-bond acceptors (Lipinski definition) is 4. The number of benzene rings is 1. The molecule has 0 saturated carbocycles. The van der Waals surface area contributed by atoms with Crippen LogP contribution in [0.5, 0.6) is 5.75 Å². The predicted octanol–water partition coefficient (Wildman–Crippen LogP) is 3.74. The van der Waals surface area contributed by atoms with E-state index in [2.05, 4.69) is 20.1 Å². The van der Waals surface area contributed by atoms with Crippen molar-refractivity contribution in [2.45, 2.75) is 6.61 Å². The molecule has 0 unspecified atom stereocenters. The van der Waals surface area contributed by atoms with E-state index < -0.39 is 6.61 Å². The van der Waals surface area contributed by atoms with E-state index in [1.54, 1.807) is 29.3 Å². The van der Waals surface area contributed by atoms with E-state index in [0.29, 0.717) is 5.69 Å². The highest BCUT2D eigenvalue weighted by molar-refractivity contribution is 6.02. The number of rotatable bonds is 6. The molecule has 138 valence electrons. The second kappa shape index (κ2) is 8.22. The molecule has 0 radical (unpaired) electrons. The van der Waals surface area contributed by atoms with Crippen molar-refractivity contribution in [2.24, 2.45) is 7.05 Å². The van der Waals surface area contributed by atoms with Crippen molar-refractivity contribution >= 4 is 17.7 Å². The third-order valence-electron chi connectivity index (χ3n) is 3.63. The van der Waals surface area contributed by atoms with Crippen LogP contribution in [-0.4, -0.2) is 27.3 Å². The van der Waals surface area contributed by atoms with Crippen LogP contribution in [0, 0.1) is 0 Å². The fourth-order valence-electron chi connectivity index (χ4n) is 2.43. The summed E-state index contributed by atoms with van der Waals surface area (Å²) in [5.41, 5.74) is 3.04. The maximum Gasteiger partial charge on any atom is 0.387 e. The molecule has 2 aromatic heterocycles. The van der Waals surface area contributed by atoms with Crippen molar-refractivity contribution in [3.63, 3.8) is 0 Å². The lowest BCUT2D eigenvalue weighted by Gasteiger charge is -2.06. The number of halogens is 2. The highest BCUT2D eigenvalue weighted by atomic mass is 19.3. The van der Waals surface area contributed by atoms with Crippen LogP contribution in [0.15, 0.2) is 61.2 Å². The first-order chi connectivity index (χ1) is 13.0. The van der Waals surface area contributed by atoms with Gasteiger partial charge in [0.15, 0.2) is 0 Å². The molecule has 0 aliphatic carbocycles. The van der Waals surface area contributed by atoms with Gasteiger partial charge in [0.05, 0.1) is 6.20 Å². The molecule has 0 saturated heterocycles. The van der Waals surface area contributed by atoms with Gasteiger partial charge in [-0.1, -0.05) is 0 Å². The number of aryl methyl sites for hydroxylation is 1. The molecular formula is C19H16F2N4O2. The molecule has 2 heterocycles. The Balaban J connectivity index is 1.69. The van der Waals surface area contributed by atoms with Crippen molar-refractivity contribution in [3.05, 3.63) is 66.8 Å². The first-order valence-corrected chi connectivity index (χ1v) is 7.98. The zero-order valence-electron chi connectivity index (χ0n) is 14.3. The number of anilines is 1. The molecule has 0 aliphatic rings. The van der Waals surface area contributed by atoms with Gasteiger partial charge < -0.3 is 10.1 Å². The van der Waals surface area contributed by atoms with E-state index >= 15 is 0 Å². The van der Waals surface area contributed by atoms with Gasteiger partial charge in [0, 0.05) is 48.5 Å². The van der Waals surface area contributed by atoms with Crippen LogP contribution in [-0.2, 0) is 11.8 Å². The summed E-state index contributed by atoms with van der Waals surface area (Å²) in [7, 11) is 1.82. The number of amides is 1. The molecule has 3 aromatic rings. The van der Waals surface area contributed by atoms with Crippen LogP contribution in [0.25, 0.3) is 17.2 Å². The van der Waals surface area contributed by atoms with Crippen molar-refractivity contribution in [1.82, 2.24) is 14.8 Å². The lowest BCUT2D eigenvalue weighted by molar-refractivity contribution is -0.111. The largest absolute Gasteiger partial charge is 0.435 e. The minimum absolute atomic E-state index is 0.0232. The van der Waals surface area contributed by atoms with Gasteiger partial charge >= 0.3 is 6.61 Å². The molecule has 0 aliphatic heterocycles. The number of alkyl halides is 2. The van der Waals surface area contributed by atoms with Gasteiger partial charge in [0.25, 0.3) is 0 Å². The van der Waals surface area contributed by atoms with E-state index in [0.717, 1.165) is 16.7 Å². The van der Waals surface area contributed by atoms with E-state index in [9.17, 15) is 13.6 Å². The Kier molecular flexibility index (Phi) is 5.55. The Morgan fingerprint density at radius 2 is 2.00 bits per heavy atom. The summed E-state index contributed by atoms with van der Waals surface area (Å²) in [5.74, 6) is -0.339. The van der Waals surface area contributed by atoms with Crippen LogP contribution < -0.4 is 10.1 Å². The van der Waals surface area contributed by atoms with Crippen LogP contribution >= 0.6 is 0 Å². The number of carbonyl (C=O) groups excluding carboxylic acids is 1. The second-order valence-electron chi connectivity index (χ2n) is 5.59.